The van der Waals surface area contributed by atoms with Crippen molar-refractivity contribution in [1.29, 1.82) is 0 Å². The second kappa shape index (κ2) is 4.64. The van der Waals surface area contributed by atoms with Crippen molar-refractivity contribution in [1.82, 2.24) is 5.32 Å². The lowest BCUT2D eigenvalue weighted by atomic mass is 10.1. The highest BCUT2D eigenvalue weighted by molar-refractivity contribution is 6.06. The van der Waals surface area contributed by atoms with Gasteiger partial charge in [-0.05, 0) is 26.3 Å². The van der Waals surface area contributed by atoms with E-state index in [2.05, 4.69) is 5.32 Å². The Hall–Kier alpha value is -2.10. The zero-order valence-electron chi connectivity index (χ0n) is 10.6. The molecule has 2 aromatic rings. The summed E-state index contributed by atoms with van der Waals surface area (Å²) in [7, 11) is 0. The third kappa shape index (κ3) is 2.27. The maximum Gasteiger partial charge on any atom is 0.337 e. The minimum atomic E-state index is -0.509. The summed E-state index contributed by atoms with van der Waals surface area (Å²) in [6.07, 6.45) is 0. The molecule has 0 spiro atoms. The molecule has 0 aliphatic carbocycles. The van der Waals surface area contributed by atoms with Gasteiger partial charge in [-0.25, -0.2) is 4.79 Å². The van der Waals surface area contributed by atoms with Crippen molar-refractivity contribution < 1.29 is 9.21 Å². The molecular weight excluding hydrogens is 230 g/mol. The summed E-state index contributed by atoms with van der Waals surface area (Å²) in [4.78, 5) is 23.5. The first-order chi connectivity index (χ1) is 8.49. The molecule has 0 unspecified atom stereocenters. The fraction of sp³-hybridized carbons (Fsp3) is 0.286. The molecule has 0 aliphatic heterocycles. The smallest absolute Gasteiger partial charge is 0.337 e. The Morgan fingerprint density at radius 1 is 1.33 bits per heavy atom. The van der Waals surface area contributed by atoms with Crippen LogP contribution in [0.2, 0.25) is 0 Å². The molecule has 1 aromatic heterocycles. The predicted octanol–water partition coefficient (Wildman–Crippen LogP) is 2.24. The summed E-state index contributed by atoms with van der Waals surface area (Å²) in [6, 6.07) is 6.71. The van der Waals surface area contributed by atoms with Crippen molar-refractivity contribution in [3.05, 3.63) is 45.8 Å². The Morgan fingerprint density at radius 3 is 2.72 bits per heavy atom. The van der Waals surface area contributed by atoms with E-state index in [0.717, 1.165) is 5.56 Å². The van der Waals surface area contributed by atoms with E-state index in [1.807, 2.05) is 32.9 Å². The van der Waals surface area contributed by atoms with E-state index in [1.54, 1.807) is 6.07 Å². The minimum absolute atomic E-state index is 0.0182. The molecule has 0 fully saturated rings. The number of amides is 1. The SMILES string of the molecule is Cc1cccc2c(C(=O)NC(C)C)cc(=O)oc12. The molecule has 1 amide bonds. The molecule has 1 N–H and O–H groups in total. The zero-order chi connectivity index (χ0) is 13.3. The number of para-hydroxylation sites is 1. The number of hydrogen-bond donors (Lipinski definition) is 1. The van der Waals surface area contributed by atoms with E-state index in [9.17, 15) is 9.59 Å². The molecule has 0 aliphatic rings. The number of nitrogens with one attached hydrogen (secondary N) is 1. The molecule has 0 saturated carbocycles. The largest absolute Gasteiger partial charge is 0.422 e. The van der Waals surface area contributed by atoms with Gasteiger partial charge in [0.1, 0.15) is 5.58 Å². The first kappa shape index (κ1) is 12.4. The van der Waals surface area contributed by atoms with Crippen LogP contribution in [0.4, 0.5) is 0 Å². The van der Waals surface area contributed by atoms with Gasteiger partial charge in [0.05, 0.1) is 5.56 Å². The number of benzene rings is 1. The highest BCUT2D eigenvalue weighted by atomic mass is 16.4. The van der Waals surface area contributed by atoms with Gasteiger partial charge in [-0.1, -0.05) is 18.2 Å². The number of fused-ring (bicyclic) bond motifs is 1. The van der Waals surface area contributed by atoms with Crippen LogP contribution in [0.1, 0.15) is 29.8 Å². The van der Waals surface area contributed by atoms with E-state index in [1.165, 1.54) is 6.07 Å². The molecule has 0 bridgehead atoms. The van der Waals surface area contributed by atoms with Crippen molar-refractivity contribution in [3.8, 4) is 0 Å². The summed E-state index contributed by atoms with van der Waals surface area (Å²) in [5.41, 5.74) is 1.16. The Bertz CT molecular complexity index is 656. The normalized spacial score (nSPS) is 10.9. The molecule has 0 saturated heterocycles. The first-order valence-corrected chi connectivity index (χ1v) is 5.83. The lowest BCUT2D eigenvalue weighted by Gasteiger charge is -2.10. The van der Waals surface area contributed by atoms with Crippen molar-refractivity contribution in [2.75, 3.05) is 0 Å². The van der Waals surface area contributed by atoms with Crippen LogP contribution in [0, 0.1) is 6.92 Å². The van der Waals surface area contributed by atoms with Gasteiger partial charge in [0.15, 0.2) is 0 Å². The van der Waals surface area contributed by atoms with Gasteiger partial charge in [-0.15, -0.1) is 0 Å². The summed E-state index contributed by atoms with van der Waals surface area (Å²) in [6.45, 7) is 5.59. The second-order valence-corrected chi connectivity index (χ2v) is 4.56. The van der Waals surface area contributed by atoms with Gasteiger partial charge in [0.25, 0.3) is 5.91 Å². The van der Waals surface area contributed by atoms with Crippen LogP contribution in [0.15, 0.2) is 33.5 Å². The average molecular weight is 245 g/mol. The van der Waals surface area contributed by atoms with E-state index < -0.39 is 5.63 Å². The lowest BCUT2D eigenvalue weighted by Crippen LogP contribution is -2.30. The van der Waals surface area contributed by atoms with Crippen LogP contribution in [-0.2, 0) is 0 Å². The first-order valence-electron chi connectivity index (χ1n) is 5.83. The molecule has 0 atom stereocenters. The Labute approximate surface area is 105 Å². The van der Waals surface area contributed by atoms with Gasteiger partial charge in [0, 0.05) is 17.5 Å². The highest BCUT2D eigenvalue weighted by Crippen LogP contribution is 2.20. The maximum atomic E-state index is 12.0. The molecule has 2 rings (SSSR count). The molecular formula is C14H15NO3. The van der Waals surface area contributed by atoms with Gasteiger partial charge >= 0.3 is 5.63 Å². The topological polar surface area (TPSA) is 59.3 Å². The van der Waals surface area contributed by atoms with Crippen LogP contribution in [-0.4, -0.2) is 11.9 Å². The van der Waals surface area contributed by atoms with Gasteiger partial charge in [-0.2, -0.15) is 0 Å². The molecule has 4 heteroatoms. The maximum absolute atomic E-state index is 12.0. The third-order valence-electron chi connectivity index (χ3n) is 2.63. The zero-order valence-corrected chi connectivity index (χ0v) is 10.6. The Balaban J connectivity index is 2.67. The second-order valence-electron chi connectivity index (χ2n) is 4.56. The lowest BCUT2D eigenvalue weighted by molar-refractivity contribution is 0.0944. The molecule has 18 heavy (non-hydrogen) atoms. The summed E-state index contributed by atoms with van der Waals surface area (Å²) in [5.74, 6) is -0.256. The van der Waals surface area contributed by atoms with Crippen LogP contribution in [0.25, 0.3) is 11.0 Å². The molecule has 1 heterocycles. The molecule has 94 valence electrons. The Morgan fingerprint density at radius 2 is 2.06 bits per heavy atom. The van der Waals surface area contributed by atoms with Crippen LogP contribution in [0.3, 0.4) is 0 Å². The van der Waals surface area contributed by atoms with E-state index >= 15 is 0 Å². The van der Waals surface area contributed by atoms with Crippen molar-refractivity contribution in [3.63, 3.8) is 0 Å². The fourth-order valence-electron chi connectivity index (χ4n) is 1.85. The molecule has 1 aromatic carbocycles. The monoisotopic (exact) mass is 245 g/mol. The Kier molecular flexibility index (Phi) is 3.19. The highest BCUT2D eigenvalue weighted by Gasteiger charge is 2.14. The number of rotatable bonds is 2. The van der Waals surface area contributed by atoms with Gasteiger partial charge in [0.2, 0.25) is 0 Å². The van der Waals surface area contributed by atoms with Crippen LogP contribution in [0.5, 0.6) is 0 Å². The predicted molar refractivity (Wildman–Crippen MR) is 69.8 cm³/mol. The van der Waals surface area contributed by atoms with Crippen molar-refractivity contribution in [2.24, 2.45) is 0 Å². The summed E-state index contributed by atoms with van der Waals surface area (Å²) < 4.78 is 5.15. The number of carbonyl (C=O) groups excluding carboxylic acids is 1. The average Bonchev–Trinajstić information content (AvgIpc) is 2.28. The summed E-state index contributed by atoms with van der Waals surface area (Å²) >= 11 is 0. The fourth-order valence-corrected chi connectivity index (χ4v) is 1.85. The van der Waals surface area contributed by atoms with Crippen LogP contribution >= 0.6 is 0 Å². The van der Waals surface area contributed by atoms with Crippen molar-refractivity contribution >= 4 is 16.9 Å². The van der Waals surface area contributed by atoms with E-state index in [-0.39, 0.29) is 11.9 Å². The van der Waals surface area contributed by atoms with Gasteiger partial charge in [-0.3, -0.25) is 4.79 Å². The molecule has 0 radical (unpaired) electrons. The quantitative estimate of drug-likeness (QED) is 0.825. The van der Waals surface area contributed by atoms with Gasteiger partial charge < -0.3 is 9.73 Å². The molecule has 4 nitrogen and oxygen atoms in total. The van der Waals surface area contributed by atoms with E-state index in [0.29, 0.717) is 16.5 Å². The minimum Gasteiger partial charge on any atom is -0.422 e. The number of aryl methyl sites for hydroxylation is 1. The van der Waals surface area contributed by atoms with Crippen LogP contribution < -0.4 is 10.9 Å². The van der Waals surface area contributed by atoms with Crippen molar-refractivity contribution in [2.45, 2.75) is 26.8 Å². The number of carbonyl (C=O) groups is 1. The van der Waals surface area contributed by atoms with E-state index in [4.69, 9.17) is 4.42 Å². The third-order valence-corrected chi connectivity index (χ3v) is 2.63. The standard InChI is InChI=1S/C14H15NO3/c1-8(2)15-14(17)11-7-12(16)18-13-9(3)5-4-6-10(11)13/h4-8H,1-3H3,(H,15,17). The number of hydrogen-bond acceptors (Lipinski definition) is 3. The summed E-state index contributed by atoms with van der Waals surface area (Å²) in [5, 5.41) is 3.44.